The van der Waals surface area contributed by atoms with Gasteiger partial charge in [0.05, 0.1) is 12.5 Å². The number of hydrogen-bond acceptors (Lipinski definition) is 3. The predicted octanol–water partition coefficient (Wildman–Crippen LogP) is 0.958. The lowest BCUT2D eigenvalue weighted by atomic mass is 10.1. The van der Waals surface area contributed by atoms with Crippen LogP contribution in [0.4, 0.5) is 0 Å². The average molecular weight is 172 g/mol. The Hall–Kier alpha value is -0.570. The van der Waals surface area contributed by atoms with Gasteiger partial charge in [-0.3, -0.25) is 4.79 Å². The Morgan fingerprint density at radius 2 is 2.33 bits per heavy atom. The summed E-state index contributed by atoms with van der Waals surface area (Å²) >= 11 is 0. The van der Waals surface area contributed by atoms with Crippen LogP contribution in [0.5, 0.6) is 0 Å². The Labute approximate surface area is 72.7 Å². The zero-order valence-corrected chi connectivity index (χ0v) is 7.45. The molecule has 1 saturated carbocycles. The van der Waals surface area contributed by atoms with Crippen molar-refractivity contribution in [1.29, 1.82) is 0 Å². The maximum Gasteiger partial charge on any atom is 0.308 e. The Balaban J connectivity index is 2.31. The monoisotopic (exact) mass is 172 g/mol. The molecule has 0 aromatic heterocycles. The number of rotatable bonds is 3. The summed E-state index contributed by atoms with van der Waals surface area (Å²) < 4.78 is 4.90. The van der Waals surface area contributed by atoms with E-state index in [2.05, 4.69) is 0 Å². The van der Waals surface area contributed by atoms with Gasteiger partial charge in [-0.25, -0.2) is 0 Å². The van der Waals surface area contributed by atoms with Crippen LogP contribution in [0.3, 0.4) is 0 Å². The highest BCUT2D eigenvalue weighted by molar-refractivity contribution is 5.72. The highest BCUT2D eigenvalue weighted by Crippen LogP contribution is 2.31. The summed E-state index contributed by atoms with van der Waals surface area (Å²) in [5.74, 6) is 0.273. The third-order valence-electron chi connectivity index (χ3n) is 2.42. The first-order chi connectivity index (χ1) is 5.77. The van der Waals surface area contributed by atoms with Gasteiger partial charge < -0.3 is 9.84 Å². The lowest BCUT2D eigenvalue weighted by molar-refractivity contribution is -0.147. The predicted molar refractivity (Wildman–Crippen MR) is 44.5 cm³/mol. The molecule has 1 N–H and O–H groups in total. The smallest absolute Gasteiger partial charge is 0.308 e. The van der Waals surface area contributed by atoms with E-state index in [4.69, 9.17) is 9.84 Å². The molecular formula is C9H16O3. The van der Waals surface area contributed by atoms with Crippen molar-refractivity contribution < 1.29 is 14.6 Å². The quantitative estimate of drug-likeness (QED) is 0.645. The molecule has 0 aliphatic heterocycles. The Kier molecular flexibility index (Phi) is 3.53. The fourth-order valence-corrected chi connectivity index (χ4v) is 1.71. The molecule has 2 atom stereocenters. The van der Waals surface area contributed by atoms with E-state index in [0.717, 1.165) is 19.3 Å². The minimum atomic E-state index is -0.0894. The first-order valence-corrected chi connectivity index (χ1v) is 4.55. The van der Waals surface area contributed by atoms with Crippen LogP contribution in [0.25, 0.3) is 0 Å². The number of hydrogen-bond donors (Lipinski definition) is 1. The second-order valence-corrected chi connectivity index (χ2v) is 3.31. The highest BCUT2D eigenvalue weighted by Gasteiger charge is 2.30. The van der Waals surface area contributed by atoms with Gasteiger partial charge in [-0.1, -0.05) is 0 Å². The molecule has 0 saturated heterocycles. The Bertz CT molecular complexity index is 156. The van der Waals surface area contributed by atoms with Crippen molar-refractivity contribution in [3.63, 3.8) is 0 Å². The summed E-state index contributed by atoms with van der Waals surface area (Å²) in [5, 5.41) is 8.84. The Morgan fingerprint density at radius 1 is 1.58 bits per heavy atom. The molecule has 0 amide bonds. The number of esters is 1. The number of aliphatic hydroxyl groups is 1. The molecule has 0 unspecified atom stereocenters. The molecule has 0 radical (unpaired) electrons. The normalized spacial score (nSPS) is 28.8. The van der Waals surface area contributed by atoms with E-state index in [0.29, 0.717) is 12.5 Å². The molecule has 3 nitrogen and oxygen atoms in total. The van der Waals surface area contributed by atoms with Crippen LogP contribution >= 0.6 is 0 Å². The van der Waals surface area contributed by atoms with Crippen LogP contribution in [0.2, 0.25) is 0 Å². The average Bonchev–Trinajstić information content (AvgIpc) is 2.52. The zero-order chi connectivity index (χ0) is 8.97. The van der Waals surface area contributed by atoms with Crippen molar-refractivity contribution in [2.75, 3.05) is 13.2 Å². The summed E-state index contributed by atoms with van der Waals surface area (Å²) in [7, 11) is 0. The maximum absolute atomic E-state index is 11.2. The summed E-state index contributed by atoms with van der Waals surface area (Å²) in [6.45, 7) is 2.48. The van der Waals surface area contributed by atoms with Gasteiger partial charge in [-0.15, -0.1) is 0 Å². The van der Waals surface area contributed by atoms with E-state index < -0.39 is 0 Å². The van der Waals surface area contributed by atoms with Crippen LogP contribution < -0.4 is 0 Å². The third-order valence-corrected chi connectivity index (χ3v) is 2.42. The van der Waals surface area contributed by atoms with Crippen LogP contribution in [0.15, 0.2) is 0 Å². The summed E-state index contributed by atoms with van der Waals surface area (Å²) in [6, 6.07) is 0. The first kappa shape index (κ1) is 9.52. The topological polar surface area (TPSA) is 46.5 Å². The summed E-state index contributed by atoms with van der Waals surface area (Å²) in [5.41, 5.74) is 0. The molecule has 0 aromatic carbocycles. The van der Waals surface area contributed by atoms with Crippen molar-refractivity contribution in [1.82, 2.24) is 0 Å². The fraction of sp³-hybridized carbons (Fsp3) is 0.889. The lowest BCUT2D eigenvalue weighted by Gasteiger charge is -2.08. The molecule has 70 valence electrons. The summed E-state index contributed by atoms with van der Waals surface area (Å²) in [4.78, 5) is 11.2. The second kappa shape index (κ2) is 4.45. The van der Waals surface area contributed by atoms with Crippen molar-refractivity contribution >= 4 is 5.97 Å². The molecule has 1 rings (SSSR count). The van der Waals surface area contributed by atoms with E-state index in [1.807, 2.05) is 6.92 Å². The molecule has 1 aliphatic rings. The molecule has 3 heteroatoms. The first-order valence-electron chi connectivity index (χ1n) is 4.55. The zero-order valence-electron chi connectivity index (χ0n) is 7.45. The maximum atomic E-state index is 11.2. The van der Waals surface area contributed by atoms with Gasteiger partial charge in [0, 0.05) is 6.61 Å². The van der Waals surface area contributed by atoms with E-state index in [1.165, 1.54) is 0 Å². The van der Waals surface area contributed by atoms with E-state index in [-0.39, 0.29) is 18.5 Å². The molecule has 12 heavy (non-hydrogen) atoms. The van der Waals surface area contributed by atoms with E-state index in [1.54, 1.807) is 0 Å². The highest BCUT2D eigenvalue weighted by atomic mass is 16.5. The number of carbonyl (C=O) groups is 1. The van der Waals surface area contributed by atoms with Gasteiger partial charge in [0.15, 0.2) is 0 Å². The molecule has 1 fully saturated rings. The number of carbonyl (C=O) groups excluding carboxylic acids is 1. The molecule has 0 bridgehead atoms. The number of aliphatic hydroxyl groups excluding tert-OH is 1. The third kappa shape index (κ3) is 2.21. The SMILES string of the molecule is CCOC(=O)[C@H]1CC[C@@H](CO)C1. The van der Waals surface area contributed by atoms with E-state index in [9.17, 15) is 4.79 Å². The second-order valence-electron chi connectivity index (χ2n) is 3.31. The fourth-order valence-electron chi connectivity index (χ4n) is 1.71. The van der Waals surface area contributed by atoms with Crippen molar-refractivity contribution in [3.8, 4) is 0 Å². The van der Waals surface area contributed by atoms with Crippen LogP contribution in [-0.2, 0) is 9.53 Å². The largest absolute Gasteiger partial charge is 0.466 e. The molecule has 0 heterocycles. The standard InChI is InChI=1S/C9H16O3/c1-2-12-9(11)8-4-3-7(5-8)6-10/h7-8,10H,2-6H2,1H3/t7-,8+/m1/s1. The molecule has 1 aliphatic carbocycles. The molecule has 0 aromatic rings. The van der Waals surface area contributed by atoms with Crippen molar-refractivity contribution in [3.05, 3.63) is 0 Å². The van der Waals surface area contributed by atoms with Gasteiger partial charge in [0.2, 0.25) is 0 Å². The molecule has 0 spiro atoms. The van der Waals surface area contributed by atoms with E-state index >= 15 is 0 Å². The Morgan fingerprint density at radius 3 is 2.83 bits per heavy atom. The van der Waals surface area contributed by atoms with Crippen LogP contribution in [0.1, 0.15) is 26.2 Å². The van der Waals surface area contributed by atoms with Crippen molar-refractivity contribution in [2.45, 2.75) is 26.2 Å². The van der Waals surface area contributed by atoms with Gasteiger partial charge in [-0.05, 0) is 32.1 Å². The van der Waals surface area contributed by atoms with Gasteiger partial charge in [-0.2, -0.15) is 0 Å². The minimum absolute atomic E-state index is 0.0436. The van der Waals surface area contributed by atoms with Crippen molar-refractivity contribution in [2.24, 2.45) is 11.8 Å². The number of ether oxygens (including phenoxy) is 1. The van der Waals surface area contributed by atoms with Crippen LogP contribution in [0, 0.1) is 11.8 Å². The van der Waals surface area contributed by atoms with Gasteiger partial charge in [0.25, 0.3) is 0 Å². The summed E-state index contributed by atoms with van der Waals surface area (Å²) in [6.07, 6.45) is 2.64. The minimum Gasteiger partial charge on any atom is -0.466 e. The molecular weight excluding hydrogens is 156 g/mol. The van der Waals surface area contributed by atoms with Gasteiger partial charge in [0.1, 0.15) is 0 Å². The van der Waals surface area contributed by atoms with Gasteiger partial charge >= 0.3 is 5.97 Å². The lowest BCUT2D eigenvalue weighted by Crippen LogP contribution is -2.15. The van der Waals surface area contributed by atoms with Crippen LogP contribution in [-0.4, -0.2) is 24.3 Å².